The van der Waals surface area contributed by atoms with Gasteiger partial charge in [0.05, 0.1) is 7.11 Å². The van der Waals surface area contributed by atoms with Crippen LogP contribution in [0.25, 0.3) is 22.9 Å². The molecule has 1 heterocycles. The first kappa shape index (κ1) is 15.7. The van der Waals surface area contributed by atoms with Gasteiger partial charge in [0, 0.05) is 16.8 Å². The smallest absolute Gasteiger partial charge is 0.387 e. The van der Waals surface area contributed by atoms with Crippen molar-refractivity contribution in [3.05, 3.63) is 42.5 Å². The number of nitrogens with two attached hydrogens (primary N) is 1. The summed E-state index contributed by atoms with van der Waals surface area (Å²) in [7, 11) is 1.35. The molecule has 124 valence electrons. The zero-order valence-electron chi connectivity index (χ0n) is 12.6. The molecule has 0 atom stereocenters. The fourth-order valence-electron chi connectivity index (χ4n) is 2.08. The summed E-state index contributed by atoms with van der Waals surface area (Å²) in [5.74, 6) is 0.607. The van der Waals surface area contributed by atoms with Crippen LogP contribution in [0, 0.1) is 0 Å². The highest BCUT2D eigenvalue weighted by molar-refractivity contribution is 5.62. The predicted molar refractivity (Wildman–Crippen MR) is 82.8 cm³/mol. The molecule has 0 saturated carbocycles. The van der Waals surface area contributed by atoms with E-state index in [2.05, 4.69) is 14.9 Å². The molecule has 8 heteroatoms. The molecule has 0 aliphatic carbocycles. The highest BCUT2D eigenvalue weighted by atomic mass is 19.3. The van der Waals surface area contributed by atoms with Gasteiger partial charge in [0.25, 0.3) is 0 Å². The molecule has 1 aromatic heterocycles. The van der Waals surface area contributed by atoms with Crippen LogP contribution in [0.2, 0.25) is 0 Å². The molecule has 0 amide bonds. The number of aromatic nitrogens is 2. The maximum Gasteiger partial charge on any atom is 0.387 e. The number of methoxy groups -OCH3 is 1. The van der Waals surface area contributed by atoms with Crippen LogP contribution in [0.1, 0.15) is 0 Å². The fourth-order valence-corrected chi connectivity index (χ4v) is 2.08. The van der Waals surface area contributed by atoms with Gasteiger partial charge in [-0.3, -0.25) is 0 Å². The van der Waals surface area contributed by atoms with Crippen LogP contribution in [-0.2, 0) is 0 Å². The van der Waals surface area contributed by atoms with Crippen molar-refractivity contribution in [1.29, 1.82) is 0 Å². The minimum Gasteiger partial charge on any atom is -0.493 e. The van der Waals surface area contributed by atoms with Crippen LogP contribution >= 0.6 is 0 Å². The first-order valence-corrected chi connectivity index (χ1v) is 6.89. The monoisotopic (exact) mass is 333 g/mol. The third-order valence-electron chi connectivity index (χ3n) is 3.21. The third kappa shape index (κ3) is 3.27. The van der Waals surface area contributed by atoms with Crippen molar-refractivity contribution in [2.45, 2.75) is 6.61 Å². The maximum absolute atomic E-state index is 12.4. The van der Waals surface area contributed by atoms with Gasteiger partial charge in [0.1, 0.15) is 0 Å². The second-order valence-corrected chi connectivity index (χ2v) is 4.78. The lowest BCUT2D eigenvalue weighted by atomic mass is 10.2. The number of ether oxygens (including phenoxy) is 2. The Morgan fingerprint density at radius 2 is 1.58 bits per heavy atom. The summed E-state index contributed by atoms with van der Waals surface area (Å²) in [5.41, 5.74) is 7.49. The van der Waals surface area contributed by atoms with Crippen LogP contribution in [0.4, 0.5) is 14.5 Å². The average Bonchev–Trinajstić information content (AvgIpc) is 3.05. The van der Waals surface area contributed by atoms with E-state index < -0.39 is 6.61 Å². The molecule has 0 radical (unpaired) electrons. The van der Waals surface area contributed by atoms with E-state index in [0.29, 0.717) is 22.7 Å². The Kier molecular flexibility index (Phi) is 4.28. The second kappa shape index (κ2) is 6.53. The van der Waals surface area contributed by atoms with Gasteiger partial charge in [0.15, 0.2) is 11.5 Å². The molecule has 0 fully saturated rings. The summed E-state index contributed by atoms with van der Waals surface area (Å²) < 4.78 is 39.7. The van der Waals surface area contributed by atoms with E-state index in [1.165, 1.54) is 25.3 Å². The van der Waals surface area contributed by atoms with Crippen LogP contribution < -0.4 is 15.2 Å². The summed E-state index contributed by atoms with van der Waals surface area (Å²) in [5, 5.41) is 7.93. The lowest BCUT2D eigenvalue weighted by Gasteiger charge is -2.10. The first-order valence-electron chi connectivity index (χ1n) is 6.89. The number of anilines is 1. The normalized spacial score (nSPS) is 10.8. The van der Waals surface area contributed by atoms with E-state index in [-0.39, 0.29) is 17.4 Å². The molecular weight excluding hydrogens is 320 g/mol. The van der Waals surface area contributed by atoms with E-state index in [1.54, 1.807) is 24.3 Å². The van der Waals surface area contributed by atoms with Crippen LogP contribution in [-0.4, -0.2) is 23.9 Å². The molecule has 6 nitrogen and oxygen atoms in total. The molecule has 0 bridgehead atoms. The van der Waals surface area contributed by atoms with E-state index in [4.69, 9.17) is 14.9 Å². The second-order valence-electron chi connectivity index (χ2n) is 4.78. The van der Waals surface area contributed by atoms with E-state index >= 15 is 0 Å². The van der Waals surface area contributed by atoms with E-state index in [0.717, 1.165) is 0 Å². The van der Waals surface area contributed by atoms with Crippen molar-refractivity contribution < 1.29 is 22.7 Å². The van der Waals surface area contributed by atoms with Crippen LogP contribution in [0.3, 0.4) is 0 Å². The number of nitrogen functional groups attached to an aromatic ring is 1. The molecule has 0 aliphatic heterocycles. The molecule has 24 heavy (non-hydrogen) atoms. The quantitative estimate of drug-likeness (QED) is 0.718. The Balaban J connectivity index is 1.91. The van der Waals surface area contributed by atoms with Crippen LogP contribution in [0.15, 0.2) is 46.9 Å². The highest BCUT2D eigenvalue weighted by Crippen LogP contribution is 2.33. The van der Waals surface area contributed by atoms with Gasteiger partial charge in [-0.15, -0.1) is 10.2 Å². The highest BCUT2D eigenvalue weighted by Gasteiger charge is 2.15. The fraction of sp³-hybridized carbons (Fsp3) is 0.125. The van der Waals surface area contributed by atoms with Crippen molar-refractivity contribution in [2.24, 2.45) is 0 Å². The van der Waals surface area contributed by atoms with Gasteiger partial charge in [-0.05, 0) is 42.5 Å². The number of nitrogens with zero attached hydrogens (tertiary/aromatic N) is 2. The van der Waals surface area contributed by atoms with Crippen molar-refractivity contribution in [3.8, 4) is 34.4 Å². The Morgan fingerprint density at radius 3 is 2.21 bits per heavy atom. The van der Waals surface area contributed by atoms with Gasteiger partial charge < -0.3 is 19.6 Å². The number of alkyl halides is 2. The molecule has 2 aromatic carbocycles. The average molecular weight is 333 g/mol. The lowest BCUT2D eigenvalue weighted by Crippen LogP contribution is -2.03. The minimum absolute atomic E-state index is 0.0745. The Labute approximate surface area is 135 Å². The molecule has 2 N–H and O–H groups in total. The Morgan fingerprint density at radius 1 is 0.958 bits per heavy atom. The van der Waals surface area contributed by atoms with Gasteiger partial charge in [-0.1, -0.05) is 0 Å². The molecular formula is C16H13F2N3O3. The minimum atomic E-state index is -2.94. The number of hydrogen-bond acceptors (Lipinski definition) is 6. The molecule has 0 spiro atoms. The molecule has 3 rings (SSSR count). The molecule has 0 saturated heterocycles. The Bertz CT molecular complexity index is 835. The summed E-state index contributed by atoms with van der Waals surface area (Å²) >= 11 is 0. The summed E-state index contributed by atoms with van der Waals surface area (Å²) in [6, 6.07) is 11.3. The largest absolute Gasteiger partial charge is 0.493 e. The SMILES string of the molecule is COc1cc(-c2nnc(-c3ccc(N)cc3)o2)ccc1OC(F)F. The van der Waals surface area contributed by atoms with Gasteiger partial charge in [0.2, 0.25) is 11.8 Å². The number of benzene rings is 2. The van der Waals surface area contributed by atoms with Crippen LogP contribution in [0.5, 0.6) is 11.5 Å². The van der Waals surface area contributed by atoms with Gasteiger partial charge in [-0.2, -0.15) is 8.78 Å². The third-order valence-corrected chi connectivity index (χ3v) is 3.21. The lowest BCUT2D eigenvalue weighted by molar-refractivity contribution is -0.0512. The van der Waals surface area contributed by atoms with E-state index in [1.807, 2.05) is 0 Å². The number of hydrogen-bond donors (Lipinski definition) is 1. The van der Waals surface area contributed by atoms with Crippen molar-refractivity contribution >= 4 is 5.69 Å². The van der Waals surface area contributed by atoms with Gasteiger partial charge >= 0.3 is 6.61 Å². The van der Waals surface area contributed by atoms with Gasteiger partial charge in [-0.25, -0.2) is 0 Å². The predicted octanol–water partition coefficient (Wildman–Crippen LogP) is 3.60. The first-order chi connectivity index (χ1) is 11.6. The summed E-state index contributed by atoms with van der Waals surface area (Å²) in [4.78, 5) is 0. The zero-order chi connectivity index (χ0) is 17.1. The summed E-state index contributed by atoms with van der Waals surface area (Å²) in [6.45, 7) is -2.94. The standard InChI is InChI=1S/C16H13F2N3O3/c1-22-13-8-10(4-7-12(13)23-16(17)18)15-21-20-14(24-15)9-2-5-11(19)6-3-9/h2-8,16H,19H2,1H3. The summed E-state index contributed by atoms with van der Waals surface area (Å²) in [6.07, 6.45) is 0. The Hall–Kier alpha value is -3.16. The maximum atomic E-state index is 12.4. The number of halogens is 2. The topological polar surface area (TPSA) is 83.4 Å². The number of rotatable bonds is 5. The zero-order valence-corrected chi connectivity index (χ0v) is 12.6. The molecule has 3 aromatic rings. The van der Waals surface area contributed by atoms with E-state index in [9.17, 15) is 8.78 Å². The molecule has 0 aliphatic rings. The molecule has 0 unspecified atom stereocenters. The van der Waals surface area contributed by atoms with Crippen molar-refractivity contribution in [2.75, 3.05) is 12.8 Å². The van der Waals surface area contributed by atoms with Crippen molar-refractivity contribution in [1.82, 2.24) is 10.2 Å². The van der Waals surface area contributed by atoms with Crippen molar-refractivity contribution in [3.63, 3.8) is 0 Å².